The average molecular weight is 393 g/mol. The molecule has 28 heavy (non-hydrogen) atoms. The number of ether oxygens (including phenoxy) is 1. The number of benzene rings is 1. The molecule has 4 aromatic rings. The second kappa shape index (κ2) is 6.82. The van der Waals surface area contributed by atoms with Crippen LogP contribution in [-0.4, -0.2) is 33.4 Å². The Labute approximate surface area is 163 Å². The maximum atomic E-state index is 13.1. The van der Waals surface area contributed by atoms with Crippen molar-refractivity contribution in [3.8, 4) is 16.3 Å². The molecule has 0 spiro atoms. The molecule has 0 saturated heterocycles. The number of aromatic nitrogens is 2. The summed E-state index contributed by atoms with van der Waals surface area (Å²) in [5.41, 5.74) is 7.94. The highest BCUT2D eigenvalue weighted by Gasteiger charge is 2.21. The molecule has 3 heterocycles. The number of hydrogen-bond donors (Lipinski definition) is 2. The predicted octanol–water partition coefficient (Wildman–Crippen LogP) is 3.58. The van der Waals surface area contributed by atoms with E-state index in [9.17, 15) is 14.7 Å². The lowest BCUT2D eigenvalue weighted by atomic mass is 10.1. The van der Waals surface area contributed by atoms with Crippen LogP contribution in [0, 0.1) is 0 Å². The van der Waals surface area contributed by atoms with Crippen LogP contribution in [0.4, 0.5) is 5.69 Å². The molecule has 4 rings (SSSR count). The Morgan fingerprint density at radius 3 is 2.71 bits per heavy atom. The van der Waals surface area contributed by atoms with Gasteiger partial charge < -0.3 is 15.6 Å². The summed E-state index contributed by atoms with van der Waals surface area (Å²) in [6.07, 6.45) is 1.75. The van der Waals surface area contributed by atoms with Gasteiger partial charge in [0, 0.05) is 11.8 Å². The highest BCUT2D eigenvalue weighted by atomic mass is 32.1. The molecule has 0 fully saturated rings. The number of hydrogen-bond acceptors (Lipinski definition) is 6. The number of aromatic carboxylic acids is 1. The monoisotopic (exact) mass is 393 g/mol. The van der Waals surface area contributed by atoms with E-state index in [1.165, 1.54) is 13.2 Å². The molecule has 0 aliphatic heterocycles. The minimum Gasteiger partial charge on any atom is -0.495 e. The van der Waals surface area contributed by atoms with Crippen LogP contribution in [0.5, 0.6) is 5.75 Å². The van der Waals surface area contributed by atoms with Crippen LogP contribution < -0.4 is 10.5 Å². The Bertz CT molecular complexity index is 1230. The number of anilines is 1. The first-order valence-electron chi connectivity index (χ1n) is 8.28. The van der Waals surface area contributed by atoms with Crippen LogP contribution in [0.1, 0.15) is 25.9 Å². The molecule has 1 aromatic carbocycles. The zero-order valence-electron chi connectivity index (χ0n) is 14.7. The van der Waals surface area contributed by atoms with Crippen molar-refractivity contribution in [1.82, 2.24) is 9.38 Å². The van der Waals surface area contributed by atoms with Gasteiger partial charge in [-0.25, -0.2) is 9.78 Å². The lowest BCUT2D eigenvalue weighted by molar-refractivity contribution is 0.0702. The van der Waals surface area contributed by atoms with Crippen LogP contribution in [0.15, 0.2) is 54.7 Å². The normalized spacial score (nSPS) is 10.9. The molecule has 3 N–H and O–H groups in total. The Hall–Kier alpha value is -3.65. The standard InChI is InChI=1S/C20H15N3O4S/c1-27-14-10-11(5-6-12(14)21)18(24)19-22-17(13-4-2-3-9-23(13)19)15-7-8-16(28-15)20(25)26/h2-10H,21H2,1H3,(H,25,26). The van der Waals surface area contributed by atoms with Gasteiger partial charge in [0.25, 0.3) is 0 Å². The van der Waals surface area contributed by atoms with E-state index < -0.39 is 5.97 Å². The molecule has 140 valence electrons. The van der Waals surface area contributed by atoms with Gasteiger partial charge in [0.05, 0.1) is 23.2 Å². The number of ketones is 1. The molecule has 8 heteroatoms. The van der Waals surface area contributed by atoms with Crippen molar-refractivity contribution in [3.63, 3.8) is 0 Å². The Balaban J connectivity index is 1.86. The number of carbonyl (C=O) groups excluding carboxylic acids is 1. The first kappa shape index (κ1) is 17.7. The number of thiophene rings is 1. The SMILES string of the molecule is COc1cc(C(=O)c2nc(-c3ccc(C(=O)O)s3)c3ccccn23)ccc1N. The number of nitrogens with zero attached hydrogens (tertiary/aromatic N) is 2. The number of carbonyl (C=O) groups is 2. The van der Waals surface area contributed by atoms with Crippen LogP contribution >= 0.6 is 11.3 Å². The van der Waals surface area contributed by atoms with E-state index in [0.717, 1.165) is 11.3 Å². The summed E-state index contributed by atoms with van der Waals surface area (Å²) in [4.78, 5) is 29.8. The fourth-order valence-electron chi connectivity index (χ4n) is 2.94. The van der Waals surface area contributed by atoms with Crippen molar-refractivity contribution < 1.29 is 19.4 Å². The van der Waals surface area contributed by atoms with Crippen molar-refractivity contribution in [2.75, 3.05) is 12.8 Å². The lowest BCUT2D eigenvalue weighted by Crippen LogP contribution is -2.07. The highest BCUT2D eigenvalue weighted by molar-refractivity contribution is 7.17. The largest absolute Gasteiger partial charge is 0.495 e. The third-order valence-corrected chi connectivity index (χ3v) is 5.38. The predicted molar refractivity (Wildman–Crippen MR) is 106 cm³/mol. The van der Waals surface area contributed by atoms with E-state index in [1.54, 1.807) is 40.9 Å². The second-order valence-corrected chi connectivity index (χ2v) is 7.08. The molecule has 0 saturated carbocycles. The summed E-state index contributed by atoms with van der Waals surface area (Å²) >= 11 is 1.11. The van der Waals surface area contributed by atoms with Crippen molar-refractivity contribution in [3.05, 3.63) is 71.0 Å². The van der Waals surface area contributed by atoms with Gasteiger partial charge in [-0.2, -0.15) is 0 Å². The number of pyridine rings is 1. The van der Waals surface area contributed by atoms with Gasteiger partial charge in [0.2, 0.25) is 5.78 Å². The summed E-state index contributed by atoms with van der Waals surface area (Å²) in [6.45, 7) is 0. The van der Waals surface area contributed by atoms with Gasteiger partial charge in [-0.15, -0.1) is 11.3 Å². The molecular formula is C20H15N3O4S. The second-order valence-electron chi connectivity index (χ2n) is 5.99. The third kappa shape index (κ3) is 2.89. The van der Waals surface area contributed by atoms with E-state index in [-0.39, 0.29) is 16.5 Å². The molecule has 0 bridgehead atoms. The molecule has 0 aliphatic carbocycles. The number of imidazole rings is 1. The van der Waals surface area contributed by atoms with Crippen molar-refractivity contribution >= 4 is 34.3 Å². The molecule has 0 radical (unpaired) electrons. The average Bonchev–Trinajstić information content (AvgIpc) is 3.33. The van der Waals surface area contributed by atoms with Gasteiger partial charge in [0.1, 0.15) is 16.3 Å². The number of rotatable bonds is 5. The fraction of sp³-hybridized carbons (Fsp3) is 0.0500. The quantitative estimate of drug-likeness (QED) is 0.396. The van der Waals surface area contributed by atoms with E-state index >= 15 is 0 Å². The lowest BCUT2D eigenvalue weighted by Gasteiger charge is -2.06. The zero-order chi connectivity index (χ0) is 19.8. The Kier molecular flexibility index (Phi) is 4.32. The maximum absolute atomic E-state index is 13.1. The number of methoxy groups -OCH3 is 1. The summed E-state index contributed by atoms with van der Waals surface area (Å²) in [7, 11) is 1.49. The molecular weight excluding hydrogens is 378 g/mol. The minimum atomic E-state index is -0.995. The van der Waals surface area contributed by atoms with Gasteiger partial charge in [-0.3, -0.25) is 9.20 Å². The van der Waals surface area contributed by atoms with E-state index in [2.05, 4.69) is 4.98 Å². The Morgan fingerprint density at radius 2 is 2.00 bits per heavy atom. The molecule has 0 atom stereocenters. The summed E-state index contributed by atoms with van der Waals surface area (Å²) in [5.74, 6) is -0.648. The number of carboxylic acids is 1. The third-order valence-electron chi connectivity index (χ3n) is 4.30. The van der Waals surface area contributed by atoms with Crippen LogP contribution in [0.3, 0.4) is 0 Å². The molecule has 7 nitrogen and oxygen atoms in total. The van der Waals surface area contributed by atoms with Crippen LogP contribution in [-0.2, 0) is 0 Å². The van der Waals surface area contributed by atoms with E-state index in [1.807, 2.05) is 12.1 Å². The number of carboxylic acid groups (broad SMARTS) is 1. The van der Waals surface area contributed by atoms with Crippen molar-refractivity contribution in [1.29, 1.82) is 0 Å². The zero-order valence-corrected chi connectivity index (χ0v) is 15.6. The number of nitrogens with two attached hydrogens (primary N) is 1. The molecule has 0 aliphatic rings. The van der Waals surface area contributed by atoms with E-state index in [4.69, 9.17) is 10.5 Å². The number of nitrogen functional groups attached to an aromatic ring is 1. The van der Waals surface area contributed by atoms with Gasteiger partial charge in [-0.05, 0) is 42.5 Å². The van der Waals surface area contributed by atoms with Crippen LogP contribution in [0.2, 0.25) is 0 Å². The van der Waals surface area contributed by atoms with Crippen molar-refractivity contribution in [2.45, 2.75) is 0 Å². The smallest absolute Gasteiger partial charge is 0.345 e. The topological polar surface area (TPSA) is 107 Å². The Morgan fingerprint density at radius 1 is 1.18 bits per heavy atom. The highest BCUT2D eigenvalue weighted by Crippen LogP contribution is 2.32. The fourth-order valence-corrected chi connectivity index (χ4v) is 3.78. The van der Waals surface area contributed by atoms with Crippen LogP contribution in [0.25, 0.3) is 16.1 Å². The summed E-state index contributed by atoms with van der Waals surface area (Å²) in [5, 5.41) is 9.18. The van der Waals surface area contributed by atoms with Gasteiger partial charge >= 0.3 is 5.97 Å². The summed E-state index contributed by atoms with van der Waals surface area (Å²) in [6, 6.07) is 13.5. The van der Waals surface area contributed by atoms with E-state index in [0.29, 0.717) is 33.1 Å². The first-order valence-corrected chi connectivity index (χ1v) is 9.10. The minimum absolute atomic E-state index is 0.211. The summed E-state index contributed by atoms with van der Waals surface area (Å²) < 4.78 is 6.90. The van der Waals surface area contributed by atoms with Crippen molar-refractivity contribution in [2.24, 2.45) is 0 Å². The maximum Gasteiger partial charge on any atom is 0.345 e. The van der Waals surface area contributed by atoms with Gasteiger partial charge in [0.15, 0.2) is 5.82 Å². The molecule has 3 aromatic heterocycles. The first-order chi connectivity index (χ1) is 13.5. The molecule has 0 unspecified atom stereocenters. The number of fused-ring (bicyclic) bond motifs is 1. The molecule has 0 amide bonds. The van der Waals surface area contributed by atoms with Gasteiger partial charge in [-0.1, -0.05) is 6.07 Å².